The van der Waals surface area contributed by atoms with E-state index in [1.165, 1.54) is 11.8 Å². The molecule has 6 heteroatoms. The van der Waals surface area contributed by atoms with Gasteiger partial charge in [0.2, 0.25) is 0 Å². The van der Waals surface area contributed by atoms with E-state index in [0.29, 0.717) is 30.3 Å². The van der Waals surface area contributed by atoms with Gasteiger partial charge in [-0.25, -0.2) is 8.42 Å². The van der Waals surface area contributed by atoms with E-state index >= 15 is 0 Å². The molecule has 146 valence electrons. The Hall–Kier alpha value is -1.89. The van der Waals surface area contributed by atoms with E-state index in [4.69, 9.17) is 4.74 Å². The molecule has 1 atom stereocenters. The molecule has 0 saturated carbocycles. The number of ether oxygens (including phenoxy) is 1. The summed E-state index contributed by atoms with van der Waals surface area (Å²) < 4.78 is 29.7. The molecule has 0 amide bonds. The predicted molar refractivity (Wildman–Crippen MR) is 109 cm³/mol. The molecule has 2 aromatic carbocycles. The molecule has 1 unspecified atom stereocenters. The van der Waals surface area contributed by atoms with E-state index in [9.17, 15) is 8.42 Å². The summed E-state index contributed by atoms with van der Waals surface area (Å²) in [7, 11) is -3.28. The highest BCUT2D eigenvalue weighted by Gasteiger charge is 2.34. The molecule has 0 aromatic heterocycles. The number of benzene rings is 2. The number of anilines is 1. The van der Waals surface area contributed by atoms with Gasteiger partial charge >= 0.3 is 0 Å². The van der Waals surface area contributed by atoms with Crippen molar-refractivity contribution in [2.75, 3.05) is 31.3 Å². The van der Waals surface area contributed by atoms with Crippen LogP contribution in [0.15, 0.2) is 59.5 Å². The number of hydrogen-bond donors (Lipinski definition) is 2. The lowest BCUT2D eigenvalue weighted by Crippen LogP contribution is -2.54. The van der Waals surface area contributed by atoms with Crippen LogP contribution >= 0.6 is 0 Å². The van der Waals surface area contributed by atoms with Crippen LogP contribution in [0.3, 0.4) is 0 Å². The maximum atomic E-state index is 12.1. The van der Waals surface area contributed by atoms with Crippen LogP contribution in [-0.4, -0.2) is 40.0 Å². The highest BCUT2D eigenvalue weighted by atomic mass is 32.2. The van der Waals surface area contributed by atoms with Crippen LogP contribution in [0.5, 0.6) is 0 Å². The minimum atomic E-state index is -3.28. The lowest BCUT2D eigenvalue weighted by Gasteiger charge is -2.41. The van der Waals surface area contributed by atoms with E-state index in [0.717, 1.165) is 12.8 Å². The summed E-state index contributed by atoms with van der Waals surface area (Å²) in [6, 6.07) is 17.6. The average molecular weight is 389 g/mol. The SMILES string of the molecule is CC(NC1(CNc2ccccc2S(C)(=O)=O)CCOCC1)c1ccccc1. The van der Waals surface area contributed by atoms with Crippen molar-refractivity contribution in [2.24, 2.45) is 0 Å². The zero-order chi connectivity index (χ0) is 19.3. The Morgan fingerprint density at radius 1 is 1.04 bits per heavy atom. The van der Waals surface area contributed by atoms with Gasteiger partial charge < -0.3 is 15.4 Å². The standard InChI is InChI=1S/C21H28N2O3S/c1-17(18-8-4-3-5-9-18)23-21(12-14-26-15-13-21)16-22-19-10-6-7-11-20(19)27(2,24)25/h3-11,17,22-23H,12-16H2,1-2H3. The van der Waals surface area contributed by atoms with Crippen molar-refractivity contribution in [3.05, 3.63) is 60.2 Å². The van der Waals surface area contributed by atoms with E-state index in [1.807, 2.05) is 30.3 Å². The Balaban J connectivity index is 1.78. The van der Waals surface area contributed by atoms with Gasteiger partial charge in [-0.1, -0.05) is 42.5 Å². The molecule has 0 bridgehead atoms. The first-order valence-corrected chi connectivity index (χ1v) is 11.2. The Labute approximate surface area is 162 Å². The number of nitrogens with one attached hydrogen (secondary N) is 2. The topological polar surface area (TPSA) is 67.4 Å². The summed E-state index contributed by atoms with van der Waals surface area (Å²) in [5.41, 5.74) is 1.73. The molecule has 1 saturated heterocycles. The molecule has 1 heterocycles. The lowest BCUT2D eigenvalue weighted by atomic mass is 9.88. The molecule has 5 nitrogen and oxygen atoms in total. The van der Waals surface area contributed by atoms with Crippen LogP contribution in [0.25, 0.3) is 0 Å². The van der Waals surface area contributed by atoms with E-state index < -0.39 is 9.84 Å². The van der Waals surface area contributed by atoms with Gasteiger partial charge in [0, 0.05) is 37.6 Å². The molecular weight excluding hydrogens is 360 g/mol. The predicted octanol–water partition coefficient (Wildman–Crippen LogP) is 3.40. The Bertz CT molecular complexity index is 847. The van der Waals surface area contributed by atoms with Gasteiger partial charge in [0.05, 0.1) is 10.6 Å². The van der Waals surface area contributed by atoms with Crippen LogP contribution in [0, 0.1) is 0 Å². The van der Waals surface area contributed by atoms with Gasteiger partial charge in [-0.15, -0.1) is 0 Å². The molecule has 1 aliphatic heterocycles. The first-order chi connectivity index (χ1) is 12.9. The number of hydrogen-bond acceptors (Lipinski definition) is 5. The molecule has 0 aliphatic carbocycles. The van der Waals surface area contributed by atoms with Gasteiger partial charge in [0.25, 0.3) is 0 Å². The largest absolute Gasteiger partial charge is 0.382 e. The van der Waals surface area contributed by atoms with Crippen molar-refractivity contribution < 1.29 is 13.2 Å². The highest BCUT2D eigenvalue weighted by molar-refractivity contribution is 7.90. The van der Waals surface area contributed by atoms with Crippen LogP contribution in [-0.2, 0) is 14.6 Å². The van der Waals surface area contributed by atoms with Crippen molar-refractivity contribution in [3.8, 4) is 0 Å². The van der Waals surface area contributed by atoms with Crippen molar-refractivity contribution >= 4 is 15.5 Å². The Morgan fingerprint density at radius 2 is 1.67 bits per heavy atom. The second kappa shape index (κ2) is 8.42. The molecular formula is C21H28N2O3S. The number of rotatable bonds is 7. The quantitative estimate of drug-likeness (QED) is 0.761. The average Bonchev–Trinajstić information content (AvgIpc) is 2.67. The fourth-order valence-electron chi connectivity index (χ4n) is 3.62. The van der Waals surface area contributed by atoms with Crippen LogP contribution in [0.1, 0.15) is 31.4 Å². The van der Waals surface area contributed by atoms with E-state index in [1.54, 1.807) is 12.1 Å². The van der Waals surface area contributed by atoms with Gasteiger partial charge in [0.15, 0.2) is 9.84 Å². The second-order valence-electron chi connectivity index (χ2n) is 7.29. The molecule has 1 fully saturated rings. The third kappa shape index (κ3) is 5.09. The summed E-state index contributed by atoms with van der Waals surface area (Å²) >= 11 is 0. The third-order valence-electron chi connectivity index (χ3n) is 5.18. The van der Waals surface area contributed by atoms with E-state index in [-0.39, 0.29) is 11.6 Å². The molecule has 0 radical (unpaired) electrons. The van der Waals surface area contributed by atoms with Crippen LogP contribution < -0.4 is 10.6 Å². The van der Waals surface area contributed by atoms with Crippen molar-refractivity contribution in [1.29, 1.82) is 0 Å². The highest BCUT2D eigenvalue weighted by Crippen LogP contribution is 2.28. The molecule has 2 aromatic rings. The molecule has 1 aliphatic rings. The maximum Gasteiger partial charge on any atom is 0.177 e. The van der Waals surface area contributed by atoms with Crippen LogP contribution in [0.4, 0.5) is 5.69 Å². The second-order valence-corrected chi connectivity index (χ2v) is 9.28. The van der Waals surface area contributed by atoms with Gasteiger partial charge in [0.1, 0.15) is 0 Å². The maximum absolute atomic E-state index is 12.1. The molecule has 27 heavy (non-hydrogen) atoms. The molecule has 3 rings (SSSR count). The number of para-hydroxylation sites is 1. The Kier molecular flexibility index (Phi) is 6.19. The van der Waals surface area contributed by atoms with E-state index in [2.05, 4.69) is 29.7 Å². The van der Waals surface area contributed by atoms with Crippen molar-refractivity contribution in [2.45, 2.75) is 36.2 Å². The minimum absolute atomic E-state index is 0.155. The summed E-state index contributed by atoms with van der Waals surface area (Å²) in [6.45, 7) is 4.20. The third-order valence-corrected chi connectivity index (χ3v) is 6.33. The fraction of sp³-hybridized carbons (Fsp3) is 0.429. The Morgan fingerprint density at radius 3 is 2.33 bits per heavy atom. The van der Waals surface area contributed by atoms with Crippen LogP contribution in [0.2, 0.25) is 0 Å². The first kappa shape index (κ1) is 19.9. The first-order valence-electron chi connectivity index (χ1n) is 9.33. The van der Waals surface area contributed by atoms with Crippen molar-refractivity contribution in [3.63, 3.8) is 0 Å². The van der Waals surface area contributed by atoms with Crippen molar-refractivity contribution in [1.82, 2.24) is 5.32 Å². The number of sulfone groups is 1. The van der Waals surface area contributed by atoms with Gasteiger partial charge in [-0.05, 0) is 37.5 Å². The summed E-state index contributed by atoms with van der Waals surface area (Å²) in [5.74, 6) is 0. The minimum Gasteiger partial charge on any atom is -0.382 e. The zero-order valence-electron chi connectivity index (χ0n) is 15.9. The fourth-order valence-corrected chi connectivity index (χ4v) is 4.48. The lowest BCUT2D eigenvalue weighted by molar-refractivity contribution is 0.0389. The summed E-state index contributed by atoms with van der Waals surface area (Å²) in [6.07, 6.45) is 2.99. The zero-order valence-corrected chi connectivity index (χ0v) is 16.8. The normalized spacial score (nSPS) is 18.0. The summed E-state index contributed by atoms with van der Waals surface area (Å²) in [5, 5.41) is 7.18. The van der Waals surface area contributed by atoms with Gasteiger partial charge in [-0.3, -0.25) is 0 Å². The molecule has 2 N–H and O–H groups in total. The smallest absolute Gasteiger partial charge is 0.177 e. The molecule has 0 spiro atoms. The summed E-state index contributed by atoms with van der Waals surface area (Å²) in [4.78, 5) is 0.336. The van der Waals surface area contributed by atoms with Gasteiger partial charge in [-0.2, -0.15) is 0 Å². The monoisotopic (exact) mass is 388 g/mol.